The number of carbonyl (C=O) groups is 2. The van der Waals surface area contributed by atoms with Crippen LogP contribution in [0.5, 0.6) is 0 Å². The molecule has 1 heterocycles. The number of alkyl halides is 3. The van der Waals surface area contributed by atoms with Crippen molar-refractivity contribution in [2.45, 2.75) is 26.4 Å². The van der Waals surface area contributed by atoms with Gasteiger partial charge in [0.1, 0.15) is 0 Å². The Labute approximate surface area is 140 Å². The van der Waals surface area contributed by atoms with Gasteiger partial charge >= 0.3 is 6.18 Å². The van der Waals surface area contributed by atoms with Gasteiger partial charge in [0.15, 0.2) is 0 Å². The van der Waals surface area contributed by atoms with Gasteiger partial charge in [-0.15, -0.1) is 11.3 Å². The lowest BCUT2D eigenvalue weighted by atomic mass is 10.1. The highest BCUT2D eigenvalue weighted by Crippen LogP contribution is 2.29. The molecule has 0 saturated carbocycles. The lowest BCUT2D eigenvalue weighted by Gasteiger charge is -2.08. The number of carbonyl (C=O) groups excluding carboxylic acids is 2. The number of nitrogens with one attached hydrogen (secondary N) is 2. The third kappa shape index (κ3) is 4.14. The Morgan fingerprint density at radius 3 is 2.17 bits per heavy atom. The first-order valence-electron chi connectivity index (χ1n) is 7.09. The average Bonchev–Trinajstić information content (AvgIpc) is 2.92. The van der Waals surface area contributed by atoms with Crippen LogP contribution in [0.4, 0.5) is 13.2 Å². The summed E-state index contributed by atoms with van der Waals surface area (Å²) in [4.78, 5) is 25.4. The molecular formula is C16H15F3N2O2S. The maximum atomic E-state index is 12.5. The normalized spacial score (nSPS) is 11.2. The minimum Gasteiger partial charge on any atom is -0.267 e. The van der Waals surface area contributed by atoms with E-state index in [0.717, 1.165) is 41.1 Å². The maximum absolute atomic E-state index is 12.5. The molecule has 2 amide bonds. The van der Waals surface area contributed by atoms with Gasteiger partial charge in [-0.25, -0.2) is 0 Å². The number of halogens is 3. The minimum absolute atomic E-state index is 0.0138. The molecule has 0 atom stereocenters. The van der Waals surface area contributed by atoms with Crippen LogP contribution >= 0.6 is 11.3 Å². The topological polar surface area (TPSA) is 58.2 Å². The van der Waals surface area contributed by atoms with Gasteiger partial charge in [-0.3, -0.25) is 20.4 Å². The standard InChI is InChI=1S/C16H15F3N2O2S/c1-3-12-9(2)8-13(24-12)15(23)21-20-14(22)10-4-6-11(7-5-10)16(17,18)19/h4-8H,3H2,1-2H3,(H,20,22)(H,21,23). The number of hydrogen-bond acceptors (Lipinski definition) is 3. The third-order valence-corrected chi connectivity index (χ3v) is 4.71. The van der Waals surface area contributed by atoms with Gasteiger partial charge in [0, 0.05) is 10.4 Å². The van der Waals surface area contributed by atoms with Crippen LogP contribution in [0, 0.1) is 6.92 Å². The molecular weight excluding hydrogens is 341 g/mol. The van der Waals surface area contributed by atoms with Crippen molar-refractivity contribution in [1.29, 1.82) is 0 Å². The third-order valence-electron chi connectivity index (χ3n) is 3.33. The Morgan fingerprint density at radius 2 is 1.67 bits per heavy atom. The van der Waals surface area contributed by atoms with Crippen molar-refractivity contribution < 1.29 is 22.8 Å². The van der Waals surface area contributed by atoms with Crippen LogP contribution in [0.1, 0.15) is 43.0 Å². The van der Waals surface area contributed by atoms with Gasteiger partial charge < -0.3 is 0 Å². The summed E-state index contributed by atoms with van der Waals surface area (Å²) < 4.78 is 37.4. The fraction of sp³-hybridized carbons (Fsp3) is 0.250. The summed E-state index contributed by atoms with van der Waals surface area (Å²) in [5, 5.41) is 0. The molecule has 0 radical (unpaired) electrons. The van der Waals surface area contributed by atoms with E-state index in [2.05, 4.69) is 10.9 Å². The van der Waals surface area contributed by atoms with Gasteiger partial charge in [-0.1, -0.05) is 6.92 Å². The Hall–Kier alpha value is -2.35. The van der Waals surface area contributed by atoms with E-state index in [4.69, 9.17) is 0 Å². The molecule has 1 aromatic heterocycles. The number of hydrazine groups is 1. The number of aryl methyl sites for hydroxylation is 2. The monoisotopic (exact) mass is 356 g/mol. The number of amides is 2. The van der Waals surface area contributed by atoms with Crippen molar-refractivity contribution in [2.75, 3.05) is 0 Å². The molecule has 4 nitrogen and oxygen atoms in total. The van der Waals surface area contributed by atoms with Crippen molar-refractivity contribution in [3.05, 3.63) is 56.8 Å². The smallest absolute Gasteiger partial charge is 0.267 e. The summed E-state index contributed by atoms with van der Waals surface area (Å²) >= 11 is 1.33. The lowest BCUT2D eigenvalue weighted by molar-refractivity contribution is -0.137. The molecule has 0 aliphatic rings. The Balaban J connectivity index is 1.98. The second-order valence-electron chi connectivity index (χ2n) is 5.05. The SMILES string of the molecule is CCc1sc(C(=O)NNC(=O)c2ccc(C(F)(F)F)cc2)cc1C. The summed E-state index contributed by atoms with van der Waals surface area (Å²) in [5.41, 5.74) is 4.62. The molecule has 0 saturated heterocycles. The minimum atomic E-state index is -4.46. The fourth-order valence-electron chi connectivity index (χ4n) is 2.04. The molecule has 1 aromatic carbocycles. The molecule has 2 aromatic rings. The number of rotatable bonds is 3. The molecule has 0 spiro atoms. The van der Waals surface area contributed by atoms with E-state index in [-0.39, 0.29) is 5.56 Å². The van der Waals surface area contributed by atoms with E-state index in [1.54, 1.807) is 6.07 Å². The highest BCUT2D eigenvalue weighted by atomic mass is 32.1. The van der Waals surface area contributed by atoms with Crippen molar-refractivity contribution in [2.24, 2.45) is 0 Å². The largest absolute Gasteiger partial charge is 0.416 e. The average molecular weight is 356 g/mol. The molecule has 0 fully saturated rings. The molecule has 0 aliphatic carbocycles. The highest BCUT2D eigenvalue weighted by Gasteiger charge is 2.30. The van der Waals surface area contributed by atoms with Gasteiger partial charge in [0.2, 0.25) is 0 Å². The van der Waals surface area contributed by atoms with Crippen molar-refractivity contribution in [3.8, 4) is 0 Å². The summed E-state index contributed by atoms with van der Waals surface area (Å²) in [6.45, 7) is 3.87. The van der Waals surface area contributed by atoms with Crippen LogP contribution in [-0.2, 0) is 12.6 Å². The van der Waals surface area contributed by atoms with Gasteiger partial charge in [-0.05, 0) is 49.2 Å². The molecule has 2 rings (SSSR count). The first-order chi connectivity index (χ1) is 11.2. The number of benzene rings is 1. The van der Waals surface area contributed by atoms with Crippen LogP contribution in [0.2, 0.25) is 0 Å². The quantitative estimate of drug-likeness (QED) is 0.824. The fourth-order valence-corrected chi connectivity index (χ4v) is 3.05. The molecule has 0 bridgehead atoms. The van der Waals surface area contributed by atoms with Crippen LogP contribution in [0.25, 0.3) is 0 Å². The van der Waals surface area contributed by atoms with Gasteiger partial charge in [0.05, 0.1) is 10.4 Å². The molecule has 128 valence electrons. The summed E-state index contributed by atoms with van der Waals surface area (Å²) in [6, 6.07) is 5.45. The van der Waals surface area contributed by atoms with Crippen LogP contribution in [0.3, 0.4) is 0 Å². The molecule has 0 aliphatic heterocycles. The maximum Gasteiger partial charge on any atom is 0.416 e. The van der Waals surface area contributed by atoms with E-state index < -0.39 is 23.6 Å². The second kappa shape index (κ2) is 7.04. The second-order valence-corrected chi connectivity index (χ2v) is 6.19. The summed E-state index contributed by atoms with van der Waals surface area (Å²) in [7, 11) is 0. The predicted octanol–water partition coefficient (Wildman–Crippen LogP) is 3.71. The Kier molecular flexibility index (Phi) is 5.28. The van der Waals surface area contributed by atoms with Crippen LogP contribution in [0.15, 0.2) is 30.3 Å². The zero-order valence-corrected chi connectivity index (χ0v) is 13.8. The zero-order valence-electron chi connectivity index (χ0n) is 13.0. The van der Waals surface area contributed by atoms with E-state index in [1.807, 2.05) is 13.8 Å². The van der Waals surface area contributed by atoms with Crippen molar-refractivity contribution >= 4 is 23.2 Å². The van der Waals surface area contributed by atoms with Gasteiger partial charge in [0.25, 0.3) is 11.8 Å². The summed E-state index contributed by atoms with van der Waals surface area (Å²) in [6.07, 6.45) is -3.65. The Bertz CT molecular complexity index is 752. The summed E-state index contributed by atoms with van der Waals surface area (Å²) in [5.74, 6) is -1.16. The predicted molar refractivity (Wildman–Crippen MR) is 84.8 cm³/mol. The van der Waals surface area contributed by atoms with Crippen LogP contribution < -0.4 is 10.9 Å². The van der Waals surface area contributed by atoms with Crippen molar-refractivity contribution in [3.63, 3.8) is 0 Å². The van der Waals surface area contributed by atoms with E-state index in [1.165, 1.54) is 11.3 Å². The number of hydrogen-bond donors (Lipinski definition) is 2. The molecule has 2 N–H and O–H groups in total. The Morgan fingerprint density at radius 1 is 1.08 bits per heavy atom. The van der Waals surface area contributed by atoms with Crippen molar-refractivity contribution in [1.82, 2.24) is 10.9 Å². The first kappa shape index (κ1) is 18.0. The van der Waals surface area contributed by atoms with Gasteiger partial charge in [-0.2, -0.15) is 13.2 Å². The van der Waals surface area contributed by atoms with E-state index in [9.17, 15) is 22.8 Å². The van der Waals surface area contributed by atoms with E-state index in [0.29, 0.717) is 4.88 Å². The molecule has 8 heteroatoms. The lowest BCUT2D eigenvalue weighted by Crippen LogP contribution is -2.41. The van der Waals surface area contributed by atoms with E-state index >= 15 is 0 Å². The molecule has 0 unspecified atom stereocenters. The first-order valence-corrected chi connectivity index (χ1v) is 7.91. The number of thiophene rings is 1. The zero-order chi connectivity index (χ0) is 17.9. The highest BCUT2D eigenvalue weighted by molar-refractivity contribution is 7.14. The molecule has 24 heavy (non-hydrogen) atoms. The van der Waals surface area contributed by atoms with Crippen LogP contribution in [-0.4, -0.2) is 11.8 Å².